The third kappa shape index (κ3) is 2.89. The summed E-state index contributed by atoms with van der Waals surface area (Å²) in [4.78, 5) is 0. The molecule has 2 aromatic heterocycles. The monoisotopic (exact) mass is 274 g/mol. The highest BCUT2D eigenvalue weighted by molar-refractivity contribution is 5.42. The van der Waals surface area contributed by atoms with Crippen molar-refractivity contribution in [2.75, 3.05) is 5.32 Å². The van der Waals surface area contributed by atoms with Crippen LogP contribution in [0.1, 0.15) is 46.0 Å². The molecule has 20 heavy (non-hydrogen) atoms. The minimum absolute atomic E-state index is 0.537. The summed E-state index contributed by atoms with van der Waals surface area (Å²) in [6.07, 6.45) is 6.49. The molecule has 2 atom stereocenters. The van der Waals surface area contributed by atoms with E-state index in [1.807, 2.05) is 12.1 Å². The summed E-state index contributed by atoms with van der Waals surface area (Å²) in [5, 5.41) is 19.3. The molecule has 6 nitrogen and oxygen atoms in total. The second kappa shape index (κ2) is 5.73. The van der Waals surface area contributed by atoms with Gasteiger partial charge in [0.2, 0.25) is 0 Å². The van der Waals surface area contributed by atoms with E-state index in [1.54, 1.807) is 0 Å². The maximum atomic E-state index is 4.40. The normalized spacial score (nSPS) is 22.8. The van der Waals surface area contributed by atoms with Gasteiger partial charge in [0.15, 0.2) is 5.65 Å². The molecule has 0 radical (unpaired) electrons. The van der Waals surface area contributed by atoms with Crippen LogP contribution in [0.5, 0.6) is 0 Å². The van der Waals surface area contributed by atoms with Crippen molar-refractivity contribution in [3.05, 3.63) is 12.1 Å². The molecule has 0 bridgehead atoms. The quantitative estimate of drug-likeness (QED) is 0.907. The lowest BCUT2D eigenvalue weighted by Crippen LogP contribution is -2.25. The molecule has 0 saturated heterocycles. The fraction of sp³-hybridized carbons (Fsp3) is 0.714. The van der Waals surface area contributed by atoms with Crippen LogP contribution in [0.4, 0.5) is 5.82 Å². The van der Waals surface area contributed by atoms with Crippen molar-refractivity contribution in [2.24, 2.45) is 11.8 Å². The van der Waals surface area contributed by atoms with Crippen molar-refractivity contribution in [3.8, 4) is 0 Å². The predicted octanol–water partition coefficient (Wildman–Crippen LogP) is 2.54. The molecule has 2 aromatic rings. The lowest BCUT2D eigenvalue weighted by molar-refractivity contribution is 0.410. The topological polar surface area (TPSA) is 68.0 Å². The van der Waals surface area contributed by atoms with Crippen molar-refractivity contribution in [2.45, 2.75) is 52.0 Å². The summed E-state index contributed by atoms with van der Waals surface area (Å²) in [5.41, 5.74) is 0.679. The first-order chi connectivity index (χ1) is 9.72. The second-order valence-electron chi connectivity index (χ2n) is 6.16. The van der Waals surface area contributed by atoms with E-state index in [1.165, 1.54) is 36.7 Å². The summed E-state index contributed by atoms with van der Waals surface area (Å²) in [5.74, 6) is 2.42. The minimum Gasteiger partial charge on any atom is -0.366 e. The Hall–Kier alpha value is -1.72. The van der Waals surface area contributed by atoms with Crippen LogP contribution in [0.2, 0.25) is 0 Å². The molecular weight excluding hydrogens is 252 g/mol. The number of rotatable bonds is 5. The largest absolute Gasteiger partial charge is 0.366 e. The van der Waals surface area contributed by atoms with Crippen LogP contribution >= 0.6 is 0 Å². The molecule has 108 valence electrons. The van der Waals surface area contributed by atoms with Gasteiger partial charge in [-0.25, -0.2) is 0 Å². The summed E-state index contributed by atoms with van der Waals surface area (Å²) in [7, 11) is 0. The highest BCUT2D eigenvalue weighted by Gasteiger charge is 2.27. The van der Waals surface area contributed by atoms with E-state index in [2.05, 4.69) is 39.8 Å². The first-order valence-electron chi connectivity index (χ1n) is 7.54. The SMILES string of the molecule is CC(C)CC[C@H]1CCC[C@H]1Nc1ccc2nnnn2n1. The molecule has 0 aliphatic heterocycles. The standard InChI is InChI=1S/C14H22N6/c1-10(2)6-7-11-4-3-5-12(11)15-13-8-9-14-16-18-19-20(14)17-13/h8-12H,3-7H2,1-2H3,(H,15,17)/t11-,12-/m1/s1. The molecule has 0 amide bonds. The molecule has 1 saturated carbocycles. The molecule has 1 N–H and O–H groups in total. The number of hydrogen-bond acceptors (Lipinski definition) is 5. The lowest BCUT2D eigenvalue weighted by Gasteiger charge is -2.22. The minimum atomic E-state index is 0.537. The average Bonchev–Trinajstić information content (AvgIpc) is 3.04. The molecule has 3 rings (SSSR count). The van der Waals surface area contributed by atoms with Crippen LogP contribution in [0.15, 0.2) is 12.1 Å². The van der Waals surface area contributed by atoms with Crippen molar-refractivity contribution in [1.29, 1.82) is 0 Å². The third-order valence-corrected chi connectivity index (χ3v) is 4.18. The van der Waals surface area contributed by atoms with Gasteiger partial charge in [0, 0.05) is 6.04 Å². The molecule has 6 heteroatoms. The highest BCUT2D eigenvalue weighted by Crippen LogP contribution is 2.32. The summed E-state index contributed by atoms with van der Waals surface area (Å²) in [6, 6.07) is 4.40. The average molecular weight is 274 g/mol. The number of hydrogen-bond donors (Lipinski definition) is 1. The number of fused-ring (bicyclic) bond motifs is 1. The zero-order valence-electron chi connectivity index (χ0n) is 12.2. The van der Waals surface area contributed by atoms with E-state index in [9.17, 15) is 0 Å². The Labute approximate surface area is 118 Å². The Morgan fingerprint density at radius 2 is 2.25 bits per heavy atom. The first-order valence-corrected chi connectivity index (χ1v) is 7.54. The van der Waals surface area contributed by atoms with E-state index in [0.29, 0.717) is 11.7 Å². The van der Waals surface area contributed by atoms with Gasteiger partial charge >= 0.3 is 0 Å². The molecule has 0 unspecified atom stereocenters. The van der Waals surface area contributed by atoms with Gasteiger partial charge in [-0.05, 0) is 53.7 Å². The van der Waals surface area contributed by atoms with Gasteiger partial charge < -0.3 is 5.32 Å². The van der Waals surface area contributed by atoms with E-state index in [-0.39, 0.29) is 0 Å². The van der Waals surface area contributed by atoms with Crippen molar-refractivity contribution in [3.63, 3.8) is 0 Å². The maximum Gasteiger partial charge on any atom is 0.200 e. The molecule has 1 fully saturated rings. The Bertz CT molecular complexity index is 564. The fourth-order valence-corrected chi connectivity index (χ4v) is 3.04. The number of nitrogens with one attached hydrogen (secondary N) is 1. The third-order valence-electron chi connectivity index (χ3n) is 4.18. The molecule has 1 aliphatic rings. The maximum absolute atomic E-state index is 4.40. The second-order valence-corrected chi connectivity index (χ2v) is 6.16. The Morgan fingerprint density at radius 1 is 1.35 bits per heavy atom. The smallest absolute Gasteiger partial charge is 0.200 e. The Morgan fingerprint density at radius 3 is 3.10 bits per heavy atom. The van der Waals surface area contributed by atoms with Crippen molar-refractivity contribution in [1.82, 2.24) is 25.3 Å². The molecular formula is C14H22N6. The van der Waals surface area contributed by atoms with E-state index >= 15 is 0 Å². The lowest BCUT2D eigenvalue weighted by atomic mass is 9.94. The first kappa shape index (κ1) is 13.3. The van der Waals surface area contributed by atoms with Crippen LogP contribution < -0.4 is 5.32 Å². The number of tetrazole rings is 1. The van der Waals surface area contributed by atoms with Gasteiger partial charge in [-0.1, -0.05) is 26.7 Å². The Balaban J connectivity index is 1.66. The predicted molar refractivity (Wildman–Crippen MR) is 77.4 cm³/mol. The van der Waals surface area contributed by atoms with E-state index < -0.39 is 0 Å². The van der Waals surface area contributed by atoms with Crippen molar-refractivity contribution < 1.29 is 0 Å². The van der Waals surface area contributed by atoms with E-state index in [0.717, 1.165) is 17.7 Å². The Kier molecular flexibility index (Phi) is 3.80. The summed E-state index contributed by atoms with van der Waals surface area (Å²) in [6.45, 7) is 4.59. The highest BCUT2D eigenvalue weighted by atomic mass is 15.6. The molecule has 2 heterocycles. The van der Waals surface area contributed by atoms with Gasteiger partial charge in [-0.15, -0.1) is 14.8 Å². The van der Waals surface area contributed by atoms with Gasteiger partial charge in [0.1, 0.15) is 5.82 Å². The number of anilines is 1. The van der Waals surface area contributed by atoms with E-state index in [4.69, 9.17) is 0 Å². The molecule has 0 aromatic carbocycles. The van der Waals surface area contributed by atoms with Crippen LogP contribution in [0.25, 0.3) is 5.65 Å². The van der Waals surface area contributed by atoms with Gasteiger partial charge in [-0.2, -0.15) is 0 Å². The van der Waals surface area contributed by atoms with Crippen LogP contribution in [-0.2, 0) is 0 Å². The molecule has 0 spiro atoms. The van der Waals surface area contributed by atoms with Crippen LogP contribution in [-0.4, -0.2) is 31.3 Å². The van der Waals surface area contributed by atoms with Gasteiger partial charge in [0.25, 0.3) is 0 Å². The van der Waals surface area contributed by atoms with Crippen molar-refractivity contribution >= 4 is 11.5 Å². The fourth-order valence-electron chi connectivity index (χ4n) is 3.04. The zero-order chi connectivity index (χ0) is 13.9. The van der Waals surface area contributed by atoms with Crippen LogP contribution in [0.3, 0.4) is 0 Å². The number of nitrogens with zero attached hydrogens (tertiary/aromatic N) is 5. The molecule has 1 aliphatic carbocycles. The van der Waals surface area contributed by atoms with Gasteiger partial charge in [-0.3, -0.25) is 0 Å². The number of aromatic nitrogens is 5. The van der Waals surface area contributed by atoms with Crippen LogP contribution in [0, 0.1) is 11.8 Å². The summed E-state index contributed by atoms with van der Waals surface area (Å²) >= 11 is 0. The zero-order valence-corrected chi connectivity index (χ0v) is 12.2. The van der Waals surface area contributed by atoms with Gasteiger partial charge in [0.05, 0.1) is 0 Å². The summed E-state index contributed by atoms with van der Waals surface area (Å²) < 4.78 is 1.47.